The van der Waals surface area contributed by atoms with Crippen molar-refractivity contribution in [2.75, 3.05) is 6.61 Å². The van der Waals surface area contributed by atoms with E-state index in [-0.39, 0.29) is 12.2 Å². The number of nitrogens with one attached hydrogen (secondary N) is 1. The van der Waals surface area contributed by atoms with Gasteiger partial charge in [0.05, 0.1) is 11.8 Å². The predicted molar refractivity (Wildman–Crippen MR) is 105 cm³/mol. The van der Waals surface area contributed by atoms with Crippen LogP contribution in [0.1, 0.15) is 11.1 Å². The molecule has 3 rings (SSSR count). The smallest absolute Gasteiger partial charge is 0.416 e. The summed E-state index contributed by atoms with van der Waals surface area (Å²) in [5.41, 5.74) is 3.47. The van der Waals surface area contributed by atoms with E-state index < -0.39 is 17.6 Å². The number of rotatable bonds is 6. The van der Waals surface area contributed by atoms with Gasteiger partial charge < -0.3 is 4.74 Å². The van der Waals surface area contributed by atoms with Crippen LogP contribution < -0.4 is 10.2 Å². The van der Waals surface area contributed by atoms with Crippen LogP contribution in [0.25, 0.3) is 11.1 Å². The summed E-state index contributed by atoms with van der Waals surface area (Å²) < 4.78 is 43.7. The standard InChI is InChI=1S/C22H17F3N2O2/c23-22(24,25)18-10-6-7-16(13-18)14-26-27-21(28)15-29-20-12-5-4-11-19(20)17-8-2-1-3-9-17/h1-14H,15H2,(H,27,28)/b26-14+. The van der Waals surface area contributed by atoms with Gasteiger partial charge in [0.1, 0.15) is 5.75 Å². The molecule has 0 aromatic heterocycles. The van der Waals surface area contributed by atoms with Crippen LogP contribution >= 0.6 is 0 Å². The molecule has 29 heavy (non-hydrogen) atoms. The number of benzene rings is 3. The van der Waals surface area contributed by atoms with Crippen molar-refractivity contribution in [1.29, 1.82) is 0 Å². The Bertz CT molecular complexity index is 1000. The van der Waals surface area contributed by atoms with Gasteiger partial charge in [0.2, 0.25) is 0 Å². The topological polar surface area (TPSA) is 50.7 Å². The first-order valence-electron chi connectivity index (χ1n) is 8.70. The van der Waals surface area contributed by atoms with Crippen molar-refractivity contribution in [3.05, 3.63) is 90.0 Å². The third-order valence-corrected chi connectivity index (χ3v) is 3.95. The number of hydrazone groups is 1. The molecule has 0 fully saturated rings. The zero-order valence-corrected chi connectivity index (χ0v) is 15.2. The molecule has 0 aliphatic heterocycles. The summed E-state index contributed by atoms with van der Waals surface area (Å²) in [5.74, 6) is 0.00630. The second kappa shape index (κ2) is 9.05. The quantitative estimate of drug-likeness (QED) is 0.474. The van der Waals surface area contributed by atoms with Crippen molar-refractivity contribution < 1.29 is 22.7 Å². The van der Waals surface area contributed by atoms with E-state index in [1.807, 2.05) is 42.5 Å². The third kappa shape index (κ3) is 5.68. The first kappa shape index (κ1) is 20.1. The van der Waals surface area contributed by atoms with Crippen molar-refractivity contribution in [3.63, 3.8) is 0 Å². The summed E-state index contributed by atoms with van der Waals surface area (Å²) in [6.07, 6.45) is -3.29. The van der Waals surface area contributed by atoms with Crippen molar-refractivity contribution in [1.82, 2.24) is 5.43 Å². The lowest BCUT2D eigenvalue weighted by Gasteiger charge is -2.11. The largest absolute Gasteiger partial charge is 0.483 e. The Balaban J connectivity index is 1.58. The molecule has 0 bridgehead atoms. The molecular weight excluding hydrogens is 381 g/mol. The molecule has 148 valence electrons. The van der Waals surface area contributed by atoms with Crippen molar-refractivity contribution in [2.24, 2.45) is 5.10 Å². The number of alkyl halides is 3. The van der Waals surface area contributed by atoms with Crippen LogP contribution in [0.15, 0.2) is 84.0 Å². The Morgan fingerprint density at radius 3 is 2.45 bits per heavy atom. The number of halogens is 3. The average Bonchev–Trinajstić information content (AvgIpc) is 2.73. The number of ether oxygens (including phenoxy) is 1. The fraction of sp³-hybridized carbons (Fsp3) is 0.0909. The van der Waals surface area contributed by atoms with Crippen LogP contribution in [0.2, 0.25) is 0 Å². The molecule has 0 aliphatic carbocycles. The first-order chi connectivity index (χ1) is 13.9. The van der Waals surface area contributed by atoms with Crippen molar-refractivity contribution in [2.45, 2.75) is 6.18 Å². The Morgan fingerprint density at radius 1 is 0.966 bits per heavy atom. The molecule has 0 unspecified atom stereocenters. The second-order valence-electron chi connectivity index (χ2n) is 6.07. The van der Waals surface area contributed by atoms with Gasteiger partial charge in [-0.15, -0.1) is 0 Å². The van der Waals surface area contributed by atoms with E-state index in [9.17, 15) is 18.0 Å². The Labute approximate surface area is 165 Å². The Hall–Kier alpha value is -3.61. The molecule has 0 heterocycles. The number of carbonyl (C=O) groups is 1. The van der Waals surface area contributed by atoms with Crippen molar-refractivity contribution in [3.8, 4) is 16.9 Å². The molecule has 4 nitrogen and oxygen atoms in total. The van der Waals surface area contributed by atoms with Gasteiger partial charge in [0.15, 0.2) is 6.61 Å². The van der Waals surface area contributed by atoms with Crippen LogP contribution in [0, 0.1) is 0 Å². The number of nitrogens with zero attached hydrogens (tertiary/aromatic N) is 1. The molecule has 0 saturated carbocycles. The van der Waals surface area contributed by atoms with Crippen LogP contribution in [-0.2, 0) is 11.0 Å². The van der Waals surface area contributed by atoms with Crippen LogP contribution in [0.4, 0.5) is 13.2 Å². The van der Waals surface area contributed by atoms with E-state index >= 15 is 0 Å². The number of amides is 1. The summed E-state index contributed by atoms with van der Waals surface area (Å²) in [4.78, 5) is 12.0. The summed E-state index contributed by atoms with van der Waals surface area (Å²) >= 11 is 0. The lowest BCUT2D eigenvalue weighted by molar-refractivity contribution is -0.137. The molecule has 0 aliphatic rings. The predicted octanol–water partition coefficient (Wildman–Crippen LogP) is 4.90. The van der Waals surface area contributed by atoms with Crippen LogP contribution in [-0.4, -0.2) is 18.7 Å². The lowest BCUT2D eigenvalue weighted by atomic mass is 10.1. The summed E-state index contributed by atoms with van der Waals surface area (Å²) in [6, 6.07) is 21.5. The molecule has 7 heteroatoms. The van der Waals surface area contributed by atoms with E-state index in [0.29, 0.717) is 5.75 Å². The number of carbonyl (C=O) groups excluding carboxylic acids is 1. The number of para-hydroxylation sites is 1. The summed E-state index contributed by atoms with van der Waals surface area (Å²) in [5, 5.41) is 3.69. The normalized spacial score (nSPS) is 11.4. The fourth-order valence-electron chi connectivity index (χ4n) is 2.60. The van der Waals surface area contributed by atoms with E-state index in [4.69, 9.17) is 4.74 Å². The molecule has 3 aromatic carbocycles. The first-order valence-corrected chi connectivity index (χ1v) is 8.70. The van der Waals surface area contributed by atoms with Gasteiger partial charge in [-0.05, 0) is 29.3 Å². The van der Waals surface area contributed by atoms with Crippen molar-refractivity contribution >= 4 is 12.1 Å². The molecule has 0 spiro atoms. The van der Waals surface area contributed by atoms with E-state index in [2.05, 4.69) is 10.5 Å². The van der Waals surface area contributed by atoms with E-state index in [1.54, 1.807) is 12.1 Å². The zero-order valence-electron chi connectivity index (χ0n) is 15.2. The van der Waals surface area contributed by atoms with Gasteiger partial charge in [-0.1, -0.05) is 60.7 Å². The van der Waals surface area contributed by atoms with Crippen LogP contribution in [0.5, 0.6) is 5.75 Å². The molecule has 1 N–H and O–H groups in total. The monoisotopic (exact) mass is 398 g/mol. The molecule has 1 amide bonds. The summed E-state index contributed by atoms with van der Waals surface area (Å²) in [7, 11) is 0. The minimum atomic E-state index is -4.44. The molecular formula is C22H17F3N2O2. The highest BCUT2D eigenvalue weighted by Crippen LogP contribution is 2.30. The fourth-order valence-corrected chi connectivity index (χ4v) is 2.60. The van der Waals surface area contributed by atoms with Gasteiger partial charge in [-0.2, -0.15) is 18.3 Å². The SMILES string of the molecule is O=C(COc1ccccc1-c1ccccc1)N/N=C/c1cccc(C(F)(F)F)c1. The highest BCUT2D eigenvalue weighted by atomic mass is 19.4. The Morgan fingerprint density at radius 2 is 1.69 bits per heavy atom. The van der Waals surface area contributed by atoms with Crippen LogP contribution in [0.3, 0.4) is 0 Å². The maximum Gasteiger partial charge on any atom is 0.416 e. The molecule has 3 aromatic rings. The van der Waals surface area contributed by atoms with E-state index in [1.165, 1.54) is 12.1 Å². The van der Waals surface area contributed by atoms with Gasteiger partial charge in [-0.25, -0.2) is 5.43 Å². The van der Waals surface area contributed by atoms with Gasteiger partial charge in [-0.3, -0.25) is 4.79 Å². The zero-order chi connectivity index (χ0) is 20.7. The maximum absolute atomic E-state index is 12.7. The second-order valence-corrected chi connectivity index (χ2v) is 6.07. The number of hydrogen-bond acceptors (Lipinski definition) is 3. The molecule has 0 saturated heterocycles. The third-order valence-electron chi connectivity index (χ3n) is 3.95. The van der Waals surface area contributed by atoms with E-state index in [0.717, 1.165) is 29.5 Å². The van der Waals surface area contributed by atoms with Gasteiger partial charge in [0, 0.05) is 5.56 Å². The lowest BCUT2D eigenvalue weighted by Crippen LogP contribution is -2.24. The minimum absolute atomic E-state index is 0.218. The van der Waals surface area contributed by atoms with Gasteiger partial charge >= 0.3 is 6.18 Å². The Kier molecular flexibility index (Phi) is 6.29. The molecule has 0 atom stereocenters. The highest BCUT2D eigenvalue weighted by Gasteiger charge is 2.30. The minimum Gasteiger partial charge on any atom is -0.483 e. The average molecular weight is 398 g/mol. The highest BCUT2D eigenvalue weighted by molar-refractivity contribution is 5.83. The summed E-state index contributed by atoms with van der Waals surface area (Å²) in [6.45, 7) is -0.288. The maximum atomic E-state index is 12.7. The number of hydrogen-bond donors (Lipinski definition) is 1. The van der Waals surface area contributed by atoms with Gasteiger partial charge in [0.25, 0.3) is 5.91 Å². The molecule has 0 radical (unpaired) electrons.